The minimum absolute atomic E-state index is 0.628. The van der Waals surface area contributed by atoms with Crippen LogP contribution in [-0.4, -0.2) is 14.2 Å². The lowest BCUT2D eigenvalue weighted by atomic mass is 10.3. The van der Waals surface area contributed by atoms with Crippen molar-refractivity contribution in [2.24, 2.45) is 0 Å². The van der Waals surface area contributed by atoms with Crippen molar-refractivity contribution < 1.29 is 13.9 Å². The van der Waals surface area contributed by atoms with Crippen molar-refractivity contribution in [1.82, 2.24) is 0 Å². The molecule has 0 radical (unpaired) electrons. The smallest absolute Gasteiger partial charge is 0.162 e. The Morgan fingerprint density at radius 3 is 2.33 bits per heavy atom. The normalized spacial score (nSPS) is 10.4. The predicted molar refractivity (Wildman–Crippen MR) is 71.5 cm³/mol. The summed E-state index contributed by atoms with van der Waals surface area (Å²) in [4.78, 5) is 1.95. The van der Waals surface area contributed by atoms with Crippen molar-refractivity contribution in [3.63, 3.8) is 0 Å². The average molecular weight is 265 g/mol. The second-order valence-electron chi connectivity index (χ2n) is 3.69. The third-order valence-corrected chi connectivity index (χ3v) is 3.76. The van der Waals surface area contributed by atoms with Gasteiger partial charge in [0.15, 0.2) is 11.5 Å². The van der Waals surface area contributed by atoms with Crippen molar-refractivity contribution in [3.05, 3.63) is 30.2 Å². The summed E-state index contributed by atoms with van der Waals surface area (Å²) >= 11 is 1.54. The summed E-state index contributed by atoms with van der Waals surface area (Å²) in [7, 11) is 3.19. The molecule has 0 aliphatic carbocycles. The summed E-state index contributed by atoms with van der Waals surface area (Å²) in [6.07, 6.45) is 1.66. The number of ether oxygens (including phenoxy) is 2. The van der Waals surface area contributed by atoms with E-state index in [-0.39, 0.29) is 0 Å². The lowest BCUT2D eigenvalue weighted by molar-refractivity contribution is 0.354. The lowest BCUT2D eigenvalue weighted by Gasteiger charge is -2.11. The van der Waals surface area contributed by atoms with Crippen LogP contribution in [-0.2, 0) is 0 Å². The van der Waals surface area contributed by atoms with Gasteiger partial charge in [-0.05, 0) is 19.1 Å². The fourth-order valence-electron chi connectivity index (χ4n) is 1.56. The molecule has 0 aliphatic heterocycles. The number of anilines is 1. The Balaban J connectivity index is 2.36. The van der Waals surface area contributed by atoms with Gasteiger partial charge in [0.2, 0.25) is 0 Å². The van der Waals surface area contributed by atoms with Gasteiger partial charge in [0.05, 0.1) is 25.4 Å². The van der Waals surface area contributed by atoms with Crippen LogP contribution in [0.2, 0.25) is 0 Å². The van der Waals surface area contributed by atoms with Crippen LogP contribution in [0.15, 0.2) is 38.7 Å². The molecule has 2 aromatic rings. The molecule has 1 aromatic heterocycles. The van der Waals surface area contributed by atoms with E-state index < -0.39 is 0 Å². The first-order chi connectivity index (χ1) is 8.65. The molecule has 1 heterocycles. The highest BCUT2D eigenvalue weighted by molar-refractivity contribution is 7.99. The van der Waals surface area contributed by atoms with E-state index in [1.165, 1.54) is 0 Å². The molecular formula is C13H15NO3S. The largest absolute Gasteiger partial charge is 0.493 e. The second kappa shape index (κ2) is 5.27. The van der Waals surface area contributed by atoms with Crippen LogP contribution in [0, 0.1) is 6.92 Å². The Kier molecular flexibility index (Phi) is 3.72. The number of nitrogen functional groups attached to an aromatic ring is 1. The van der Waals surface area contributed by atoms with Crippen LogP contribution < -0.4 is 15.2 Å². The fourth-order valence-corrected chi connectivity index (χ4v) is 2.46. The number of benzene rings is 1. The van der Waals surface area contributed by atoms with Crippen molar-refractivity contribution in [2.45, 2.75) is 16.7 Å². The number of methoxy groups -OCH3 is 2. The molecule has 0 spiro atoms. The highest BCUT2D eigenvalue weighted by Gasteiger charge is 2.12. The number of hydrogen-bond acceptors (Lipinski definition) is 5. The summed E-state index contributed by atoms with van der Waals surface area (Å²) in [5.74, 6) is 2.16. The molecule has 0 saturated heterocycles. The highest BCUT2D eigenvalue weighted by atomic mass is 32.2. The van der Waals surface area contributed by atoms with Crippen LogP contribution in [0.1, 0.15) is 5.76 Å². The zero-order valence-corrected chi connectivity index (χ0v) is 11.3. The van der Waals surface area contributed by atoms with Gasteiger partial charge < -0.3 is 19.6 Å². The molecule has 0 unspecified atom stereocenters. The Hall–Kier alpha value is -1.75. The number of nitrogens with two attached hydrogens (primary N) is 1. The molecule has 0 bridgehead atoms. The topological polar surface area (TPSA) is 57.6 Å². The molecule has 0 aliphatic rings. The quantitative estimate of drug-likeness (QED) is 0.859. The first-order valence-electron chi connectivity index (χ1n) is 5.39. The molecular weight excluding hydrogens is 250 g/mol. The summed E-state index contributed by atoms with van der Waals surface area (Å²) in [6.45, 7) is 1.92. The maximum atomic E-state index is 6.00. The third kappa shape index (κ3) is 2.41. The third-order valence-electron chi connectivity index (χ3n) is 2.55. The van der Waals surface area contributed by atoms with E-state index in [2.05, 4.69) is 0 Å². The zero-order valence-electron chi connectivity index (χ0n) is 10.5. The SMILES string of the molecule is COc1cc(N)c(Sc2ccoc2C)cc1OC. The highest BCUT2D eigenvalue weighted by Crippen LogP contribution is 2.40. The number of hydrogen-bond donors (Lipinski definition) is 1. The fraction of sp³-hybridized carbons (Fsp3) is 0.231. The van der Waals surface area contributed by atoms with Gasteiger partial charge in [0.1, 0.15) is 5.76 Å². The van der Waals surface area contributed by atoms with E-state index in [0.29, 0.717) is 17.2 Å². The van der Waals surface area contributed by atoms with E-state index in [9.17, 15) is 0 Å². The van der Waals surface area contributed by atoms with E-state index >= 15 is 0 Å². The number of rotatable bonds is 4. The predicted octanol–water partition coefficient (Wildman–Crippen LogP) is 3.34. The van der Waals surface area contributed by atoms with Gasteiger partial charge in [-0.2, -0.15) is 0 Å². The van der Waals surface area contributed by atoms with Crippen molar-refractivity contribution in [1.29, 1.82) is 0 Å². The van der Waals surface area contributed by atoms with E-state index in [1.54, 1.807) is 38.3 Å². The lowest BCUT2D eigenvalue weighted by Crippen LogP contribution is -1.95. The van der Waals surface area contributed by atoms with Crippen molar-refractivity contribution >= 4 is 17.4 Å². The number of aryl methyl sites for hydroxylation is 1. The number of furan rings is 1. The summed E-state index contributed by atoms with van der Waals surface area (Å²) in [5, 5.41) is 0. The monoisotopic (exact) mass is 265 g/mol. The molecule has 0 saturated carbocycles. The van der Waals surface area contributed by atoms with Crippen molar-refractivity contribution in [3.8, 4) is 11.5 Å². The summed E-state index contributed by atoms with van der Waals surface area (Å²) in [6, 6.07) is 5.54. The van der Waals surface area contributed by atoms with Crippen LogP contribution in [0.25, 0.3) is 0 Å². The minimum atomic E-state index is 0.628. The molecule has 4 nitrogen and oxygen atoms in total. The Morgan fingerprint density at radius 1 is 1.11 bits per heavy atom. The Bertz CT molecular complexity index is 551. The van der Waals surface area contributed by atoms with Gasteiger partial charge in [-0.15, -0.1) is 0 Å². The van der Waals surface area contributed by atoms with E-state index in [4.69, 9.17) is 19.6 Å². The van der Waals surface area contributed by atoms with E-state index in [0.717, 1.165) is 15.6 Å². The molecule has 2 rings (SSSR count). The van der Waals surface area contributed by atoms with Gasteiger partial charge >= 0.3 is 0 Å². The molecule has 0 fully saturated rings. The Labute approximate surface area is 110 Å². The molecule has 0 amide bonds. The Morgan fingerprint density at radius 2 is 1.78 bits per heavy atom. The van der Waals surface area contributed by atoms with Crippen LogP contribution >= 0.6 is 11.8 Å². The standard InChI is InChI=1S/C13H15NO3S/c1-8-12(4-5-17-8)18-13-7-11(16-3)10(15-2)6-9(13)14/h4-7H,14H2,1-3H3. The van der Waals surface area contributed by atoms with Gasteiger partial charge in [0, 0.05) is 16.6 Å². The molecule has 0 atom stereocenters. The summed E-state index contributed by atoms with van der Waals surface area (Å²) < 4.78 is 15.7. The molecule has 1 aromatic carbocycles. The van der Waals surface area contributed by atoms with Crippen LogP contribution in [0.5, 0.6) is 11.5 Å². The van der Waals surface area contributed by atoms with Crippen LogP contribution in [0.3, 0.4) is 0 Å². The first-order valence-corrected chi connectivity index (χ1v) is 6.20. The van der Waals surface area contributed by atoms with Gasteiger partial charge in [-0.3, -0.25) is 0 Å². The van der Waals surface area contributed by atoms with Gasteiger partial charge in [-0.25, -0.2) is 0 Å². The van der Waals surface area contributed by atoms with Gasteiger partial charge in [0.25, 0.3) is 0 Å². The van der Waals surface area contributed by atoms with E-state index in [1.807, 2.05) is 19.1 Å². The molecule has 5 heteroatoms. The van der Waals surface area contributed by atoms with Crippen LogP contribution in [0.4, 0.5) is 5.69 Å². The first kappa shape index (κ1) is 12.7. The molecule has 96 valence electrons. The minimum Gasteiger partial charge on any atom is -0.493 e. The maximum Gasteiger partial charge on any atom is 0.162 e. The summed E-state index contributed by atoms with van der Waals surface area (Å²) in [5.41, 5.74) is 6.65. The second-order valence-corrected chi connectivity index (χ2v) is 4.77. The van der Waals surface area contributed by atoms with Crippen molar-refractivity contribution in [2.75, 3.05) is 20.0 Å². The maximum absolute atomic E-state index is 6.00. The zero-order chi connectivity index (χ0) is 13.1. The molecule has 2 N–H and O–H groups in total. The molecule has 18 heavy (non-hydrogen) atoms. The van der Waals surface area contributed by atoms with Gasteiger partial charge in [-0.1, -0.05) is 11.8 Å². The average Bonchev–Trinajstić information content (AvgIpc) is 2.77.